The highest BCUT2D eigenvalue weighted by molar-refractivity contribution is 5.75. The first kappa shape index (κ1) is 26.2. The Labute approximate surface area is 198 Å². The Hall–Kier alpha value is -3.08. The molecule has 33 heavy (non-hydrogen) atoms. The van der Waals surface area contributed by atoms with Gasteiger partial charge in [0.25, 0.3) is 0 Å². The maximum Gasteiger partial charge on any atom is 0.408 e. The second-order valence-electron chi connectivity index (χ2n) is 9.25. The molecule has 1 N–H and O–H groups in total. The Bertz CT molecular complexity index is 959. The first-order valence-corrected chi connectivity index (χ1v) is 11.5. The first-order chi connectivity index (χ1) is 15.6. The van der Waals surface area contributed by atoms with Gasteiger partial charge >= 0.3 is 12.1 Å². The Kier molecular flexibility index (Phi) is 9.71. The van der Waals surface area contributed by atoms with Crippen molar-refractivity contribution in [2.75, 3.05) is 7.11 Å². The number of unbranched alkanes of at least 4 members (excludes halogenated alkanes) is 2. The molecule has 0 aromatic heterocycles. The van der Waals surface area contributed by atoms with E-state index in [1.807, 2.05) is 24.3 Å². The van der Waals surface area contributed by atoms with Gasteiger partial charge in [0.05, 0.1) is 19.6 Å². The number of esters is 1. The minimum Gasteiger partial charge on any atom is -0.469 e. The summed E-state index contributed by atoms with van der Waals surface area (Å²) in [4.78, 5) is 24.5. The van der Waals surface area contributed by atoms with Gasteiger partial charge in [0, 0.05) is 0 Å². The molecule has 0 heterocycles. The SMILES string of the molecule is C=CCCCCc1cccc(C)c1-c1cccc([C@H](CC(=O)OC)NC(=O)OC(C)(C)C)c1. The number of benzene rings is 2. The number of alkyl carbamates (subject to hydrolysis) is 1. The molecular weight excluding hydrogens is 414 g/mol. The second-order valence-corrected chi connectivity index (χ2v) is 9.25. The maximum absolute atomic E-state index is 12.5. The van der Waals surface area contributed by atoms with Crippen molar-refractivity contribution in [1.82, 2.24) is 5.32 Å². The van der Waals surface area contributed by atoms with Gasteiger partial charge in [0.1, 0.15) is 5.60 Å². The molecule has 5 nitrogen and oxygen atoms in total. The molecule has 5 heteroatoms. The standard InChI is InChI=1S/C28H37NO4/c1-7-8-9-10-14-21-15-11-13-20(2)26(21)23-17-12-16-22(18-23)24(19-25(30)32-6)29-27(31)33-28(3,4)5/h7,11-13,15-18,24H,1,8-10,14,19H2,2-6H3,(H,29,31)/t24-/m0/s1. The van der Waals surface area contributed by atoms with Crippen molar-refractivity contribution < 1.29 is 19.1 Å². The topological polar surface area (TPSA) is 64.6 Å². The summed E-state index contributed by atoms with van der Waals surface area (Å²) in [6, 6.07) is 13.8. The van der Waals surface area contributed by atoms with Gasteiger partial charge in [-0.25, -0.2) is 4.79 Å². The molecule has 0 spiro atoms. The Morgan fingerprint density at radius 2 is 1.85 bits per heavy atom. The summed E-state index contributed by atoms with van der Waals surface area (Å²) < 4.78 is 10.3. The summed E-state index contributed by atoms with van der Waals surface area (Å²) in [7, 11) is 1.34. The number of carbonyl (C=O) groups is 2. The third-order valence-corrected chi connectivity index (χ3v) is 5.33. The first-order valence-electron chi connectivity index (χ1n) is 11.5. The predicted molar refractivity (Wildman–Crippen MR) is 133 cm³/mol. The van der Waals surface area contributed by atoms with E-state index < -0.39 is 23.7 Å². The highest BCUT2D eigenvalue weighted by Crippen LogP contribution is 2.31. The van der Waals surface area contributed by atoms with Gasteiger partial charge in [-0.3, -0.25) is 4.79 Å². The van der Waals surface area contributed by atoms with Crippen molar-refractivity contribution in [2.24, 2.45) is 0 Å². The number of carbonyl (C=O) groups excluding carboxylic acids is 2. The van der Waals surface area contributed by atoms with Gasteiger partial charge in [-0.05, 0) is 87.3 Å². The van der Waals surface area contributed by atoms with E-state index in [0.29, 0.717) is 0 Å². The van der Waals surface area contributed by atoms with E-state index in [9.17, 15) is 9.59 Å². The van der Waals surface area contributed by atoms with Crippen LogP contribution in [0.4, 0.5) is 4.79 Å². The molecule has 0 aliphatic rings. The molecule has 0 saturated carbocycles. The lowest BCUT2D eigenvalue weighted by Gasteiger charge is -2.24. The number of rotatable bonds is 10. The highest BCUT2D eigenvalue weighted by Gasteiger charge is 2.23. The number of hydrogen-bond acceptors (Lipinski definition) is 4. The number of methoxy groups -OCH3 is 1. The fourth-order valence-electron chi connectivity index (χ4n) is 3.82. The molecule has 0 bridgehead atoms. The van der Waals surface area contributed by atoms with Crippen molar-refractivity contribution >= 4 is 12.1 Å². The van der Waals surface area contributed by atoms with E-state index in [-0.39, 0.29) is 6.42 Å². The largest absolute Gasteiger partial charge is 0.469 e. The van der Waals surface area contributed by atoms with E-state index >= 15 is 0 Å². The monoisotopic (exact) mass is 451 g/mol. The molecule has 2 aromatic carbocycles. The third kappa shape index (κ3) is 8.41. The molecule has 2 rings (SSSR count). The zero-order valence-corrected chi connectivity index (χ0v) is 20.6. The average molecular weight is 452 g/mol. The van der Waals surface area contributed by atoms with Gasteiger partial charge in [-0.2, -0.15) is 0 Å². The van der Waals surface area contributed by atoms with Crippen LogP contribution in [0.3, 0.4) is 0 Å². The van der Waals surface area contributed by atoms with Crippen LogP contribution >= 0.6 is 0 Å². The predicted octanol–water partition coefficient (Wildman–Crippen LogP) is 6.69. The number of nitrogens with one attached hydrogen (secondary N) is 1. The Morgan fingerprint density at radius 3 is 2.52 bits per heavy atom. The number of allylic oxidation sites excluding steroid dienone is 1. The fourth-order valence-corrected chi connectivity index (χ4v) is 3.82. The van der Waals surface area contributed by atoms with Crippen LogP contribution < -0.4 is 5.32 Å². The van der Waals surface area contributed by atoms with Crippen LogP contribution in [0.5, 0.6) is 0 Å². The lowest BCUT2D eigenvalue weighted by molar-refractivity contribution is -0.141. The quantitative estimate of drug-likeness (QED) is 0.248. The van der Waals surface area contributed by atoms with Gasteiger partial charge in [-0.15, -0.1) is 6.58 Å². The molecule has 2 aromatic rings. The number of amides is 1. The molecule has 0 radical (unpaired) electrons. The van der Waals surface area contributed by atoms with Crippen molar-refractivity contribution in [3.8, 4) is 11.1 Å². The van der Waals surface area contributed by atoms with Crippen LogP contribution in [-0.2, 0) is 20.7 Å². The summed E-state index contributed by atoms with van der Waals surface area (Å²) in [5.74, 6) is -0.403. The van der Waals surface area contributed by atoms with Gasteiger partial charge in [0.2, 0.25) is 0 Å². The van der Waals surface area contributed by atoms with Crippen LogP contribution in [0.25, 0.3) is 11.1 Å². The third-order valence-electron chi connectivity index (χ3n) is 5.33. The molecule has 0 unspecified atom stereocenters. The lowest BCUT2D eigenvalue weighted by atomic mass is 9.90. The van der Waals surface area contributed by atoms with E-state index in [1.54, 1.807) is 20.8 Å². The maximum atomic E-state index is 12.5. The molecule has 0 aliphatic carbocycles. The number of hydrogen-bond donors (Lipinski definition) is 1. The van der Waals surface area contributed by atoms with Crippen molar-refractivity contribution in [2.45, 2.75) is 71.4 Å². The van der Waals surface area contributed by atoms with Crippen LogP contribution in [0, 0.1) is 6.92 Å². The van der Waals surface area contributed by atoms with Crippen molar-refractivity contribution in [3.63, 3.8) is 0 Å². The Balaban J connectivity index is 2.37. The van der Waals surface area contributed by atoms with Gasteiger partial charge in [-0.1, -0.05) is 42.5 Å². The molecule has 0 saturated heterocycles. The summed E-state index contributed by atoms with van der Waals surface area (Å²) in [5.41, 5.74) is 4.93. The molecule has 0 aliphatic heterocycles. The number of ether oxygens (including phenoxy) is 2. The van der Waals surface area contributed by atoms with E-state index in [4.69, 9.17) is 9.47 Å². The van der Waals surface area contributed by atoms with Crippen LogP contribution in [0.2, 0.25) is 0 Å². The van der Waals surface area contributed by atoms with Crippen LogP contribution in [0.15, 0.2) is 55.1 Å². The summed E-state index contributed by atoms with van der Waals surface area (Å²) >= 11 is 0. The van der Waals surface area contributed by atoms with Gasteiger partial charge < -0.3 is 14.8 Å². The fraction of sp³-hybridized carbons (Fsp3) is 0.429. The molecule has 0 fully saturated rings. The van der Waals surface area contributed by atoms with Crippen molar-refractivity contribution in [1.29, 1.82) is 0 Å². The van der Waals surface area contributed by atoms with Gasteiger partial charge in [0.15, 0.2) is 0 Å². The Morgan fingerprint density at radius 1 is 1.12 bits per heavy atom. The molecule has 1 atom stereocenters. The lowest BCUT2D eigenvalue weighted by Crippen LogP contribution is -2.36. The van der Waals surface area contributed by atoms with E-state index in [1.165, 1.54) is 23.8 Å². The highest BCUT2D eigenvalue weighted by atomic mass is 16.6. The number of aryl methyl sites for hydroxylation is 2. The molecule has 1 amide bonds. The van der Waals surface area contributed by atoms with Crippen LogP contribution in [0.1, 0.15) is 69.2 Å². The van der Waals surface area contributed by atoms with Crippen molar-refractivity contribution in [3.05, 3.63) is 71.8 Å². The minimum atomic E-state index is -0.636. The summed E-state index contributed by atoms with van der Waals surface area (Å²) in [5, 5.41) is 2.84. The van der Waals surface area contributed by atoms with E-state index in [0.717, 1.165) is 36.8 Å². The van der Waals surface area contributed by atoms with E-state index in [2.05, 4.69) is 43.1 Å². The summed E-state index contributed by atoms with van der Waals surface area (Å²) in [6.07, 6.45) is 5.60. The summed E-state index contributed by atoms with van der Waals surface area (Å²) in [6.45, 7) is 11.3. The zero-order valence-electron chi connectivity index (χ0n) is 20.6. The minimum absolute atomic E-state index is 0.0153. The molecular formula is C28H37NO4. The zero-order chi connectivity index (χ0) is 24.4. The average Bonchev–Trinajstić information content (AvgIpc) is 2.75. The second kappa shape index (κ2) is 12.2. The smallest absolute Gasteiger partial charge is 0.408 e. The normalized spacial score (nSPS) is 12.0. The van der Waals surface area contributed by atoms with Crippen LogP contribution in [-0.4, -0.2) is 24.8 Å². The molecule has 178 valence electrons.